The molecule has 0 spiro atoms. The van der Waals surface area contributed by atoms with Gasteiger partial charge in [0.2, 0.25) is 5.60 Å². The first-order chi connectivity index (χ1) is 9.45. The summed E-state index contributed by atoms with van der Waals surface area (Å²) in [5.41, 5.74) is -2.18. The number of carboxylic acids is 1. The number of ketones is 1. The first-order valence-corrected chi connectivity index (χ1v) is 7.92. The molecule has 1 unspecified atom stereocenters. The Morgan fingerprint density at radius 3 is 1.60 bits per heavy atom. The van der Waals surface area contributed by atoms with Crippen molar-refractivity contribution in [3.05, 3.63) is 0 Å². The van der Waals surface area contributed by atoms with Gasteiger partial charge in [-0.25, -0.2) is 4.79 Å². The summed E-state index contributed by atoms with van der Waals surface area (Å²) in [6.07, 6.45) is 11.4. The van der Waals surface area contributed by atoms with Crippen LogP contribution in [0.15, 0.2) is 0 Å². The van der Waals surface area contributed by atoms with Gasteiger partial charge in [0.25, 0.3) is 0 Å². The van der Waals surface area contributed by atoms with Crippen molar-refractivity contribution in [2.75, 3.05) is 0 Å². The fourth-order valence-corrected chi connectivity index (χ4v) is 2.30. The zero-order chi connectivity index (χ0) is 15.4. The van der Waals surface area contributed by atoms with Gasteiger partial charge in [0.15, 0.2) is 5.78 Å². The summed E-state index contributed by atoms with van der Waals surface area (Å²) in [5.74, 6) is -2.11. The van der Waals surface area contributed by atoms with E-state index in [-0.39, 0.29) is 6.42 Å². The molecule has 0 aromatic carbocycles. The van der Waals surface area contributed by atoms with Crippen LogP contribution in [0.2, 0.25) is 0 Å². The number of carboxylic acid groups (broad SMARTS) is 1. The molecule has 2 N–H and O–H groups in total. The lowest BCUT2D eigenvalue weighted by Crippen LogP contribution is -2.45. The summed E-state index contributed by atoms with van der Waals surface area (Å²) in [6.45, 7) is 3.34. The maximum absolute atomic E-state index is 11.2. The van der Waals surface area contributed by atoms with Crippen LogP contribution in [-0.4, -0.2) is 27.6 Å². The van der Waals surface area contributed by atoms with Crippen molar-refractivity contribution >= 4 is 11.8 Å². The topological polar surface area (TPSA) is 74.6 Å². The lowest BCUT2D eigenvalue weighted by atomic mass is 9.92. The molecule has 4 heteroatoms. The lowest BCUT2D eigenvalue weighted by Gasteiger charge is -2.19. The van der Waals surface area contributed by atoms with E-state index in [0.717, 1.165) is 26.2 Å². The number of Topliss-reactive ketones (excluding diaryl/α,β-unsaturated/α-hetero) is 1. The molecule has 0 saturated carbocycles. The van der Waals surface area contributed by atoms with Crippen LogP contribution in [0.3, 0.4) is 0 Å². The summed E-state index contributed by atoms with van der Waals surface area (Å²) in [6, 6.07) is 0. The Bertz CT molecular complexity index is 272. The van der Waals surface area contributed by atoms with Crippen LogP contribution >= 0.6 is 0 Å². The van der Waals surface area contributed by atoms with Crippen molar-refractivity contribution in [3.8, 4) is 0 Å². The Hall–Kier alpha value is -0.900. The van der Waals surface area contributed by atoms with Crippen LogP contribution in [-0.2, 0) is 9.59 Å². The first-order valence-electron chi connectivity index (χ1n) is 7.92. The van der Waals surface area contributed by atoms with Crippen LogP contribution in [0.1, 0.15) is 84.5 Å². The second-order valence-corrected chi connectivity index (χ2v) is 5.65. The molecule has 0 bridgehead atoms. The highest BCUT2D eigenvalue weighted by Gasteiger charge is 2.40. The van der Waals surface area contributed by atoms with Crippen molar-refractivity contribution in [1.82, 2.24) is 0 Å². The molecule has 0 fully saturated rings. The summed E-state index contributed by atoms with van der Waals surface area (Å²) in [4.78, 5) is 22.1. The SMILES string of the molecule is CCCCCCCCCCCCC(O)(C(C)=O)C(=O)O. The van der Waals surface area contributed by atoms with Crippen LogP contribution in [0.4, 0.5) is 0 Å². The number of aliphatic carboxylic acids is 1. The van der Waals surface area contributed by atoms with Crippen molar-refractivity contribution in [2.24, 2.45) is 0 Å². The van der Waals surface area contributed by atoms with E-state index in [0.29, 0.717) is 6.42 Å². The molecule has 118 valence electrons. The Morgan fingerprint density at radius 2 is 1.25 bits per heavy atom. The van der Waals surface area contributed by atoms with E-state index >= 15 is 0 Å². The van der Waals surface area contributed by atoms with Gasteiger partial charge in [0.05, 0.1) is 0 Å². The predicted octanol–water partition coefficient (Wildman–Crippen LogP) is 3.70. The van der Waals surface area contributed by atoms with Crippen LogP contribution in [0.5, 0.6) is 0 Å². The number of aliphatic hydroxyl groups is 1. The minimum atomic E-state index is -2.18. The molecule has 0 saturated heterocycles. The smallest absolute Gasteiger partial charge is 0.343 e. The average molecular weight is 286 g/mol. The Kier molecular flexibility index (Phi) is 10.3. The molecule has 0 aromatic rings. The van der Waals surface area contributed by atoms with E-state index in [4.69, 9.17) is 5.11 Å². The van der Waals surface area contributed by atoms with E-state index in [1.165, 1.54) is 38.5 Å². The lowest BCUT2D eigenvalue weighted by molar-refractivity contribution is -0.165. The minimum absolute atomic E-state index is 0.0220. The zero-order valence-corrected chi connectivity index (χ0v) is 13.0. The normalized spacial score (nSPS) is 13.9. The fourth-order valence-electron chi connectivity index (χ4n) is 2.30. The van der Waals surface area contributed by atoms with Crippen molar-refractivity contribution < 1.29 is 19.8 Å². The number of rotatable bonds is 13. The molecule has 0 aromatic heterocycles. The molecule has 0 rings (SSSR count). The summed E-state index contributed by atoms with van der Waals surface area (Å²) in [7, 11) is 0. The third kappa shape index (κ3) is 7.63. The third-order valence-corrected chi connectivity index (χ3v) is 3.83. The molecule has 20 heavy (non-hydrogen) atoms. The summed E-state index contributed by atoms with van der Waals surface area (Å²) < 4.78 is 0. The standard InChI is InChI=1S/C16H30O4/c1-3-4-5-6-7-8-9-10-11-12-13-16(20,14(2)17)15(18)19/h20H,3-13H2,1-2H3,(H,18,19). The number of hydrogen-bond donors (Lipinski definition) is 2. The molecule has 0 aliphatic heterocycles. The Labute approximate surface area is 122 Å². The Morgan fingerprint density at radius 1 is 0.850 bits per heavy atom. The zero-order valence-electron chi connectivity index (χ0n) is 13.0. The highest BCUT2D eigenvalue weighted by atomic mass is 16.4. The highest BCUT2D eigenvalue weighted by molar-refractivity contribution is 6.04. The molecular formula is C16H30O4. The molecule has 0 aliphatic rings. The second-order valence-electron chi connectivity index (χ2n) is 5.65. The van der Waals surface area contributed by atoms with Gasteiger partial charge >= 0.3 is 5.97 Å². The van der Waals surface area contributed by atoms with E-state index in [9.17, 15) is 14.7 Å². The third-order valence-electron chi connectivity index (χ3n) is 3.83. The van der Waals surface area contributed by atoms with Gasteiger partial charge in [-0.3, -0.25) is 4.79 Å². The van der Waals surface area contributed by atoms with Gasteiger partial charge in [-0.1, -0.05) is 64.7 Å². The number of carbonyl (C=O) groups excluding carboxylic acids is 1. The summed E-state index contributed by atoms with van der Waals surface area (Å²) in [5, 5.41) is 18.6. The molecule has 0 radical (unpaired) electrons. The number of carbonyl (C=O) groups is 2. The van der Waals surface area contributed by atoms with Gasteiger partial charge in [0, 0.05) is 0 Å². The molecule has 0 aliphatic carbocycles. The second kappa shape index (κ2) is 10.8. The van der Waals surface area contributed by atoms with Gasteiger partial charge in [-0.05, 0) is 19.8 Å². The van der Waals surface area contributed by atoms with Crippen LogP contribution in [0.25, 0.3) is 0 Å². The maximum atomic E-state index is 11.2. The van der Waals surface area contributed by atoms with E-state index in [1.54, 1.807) is 0 Å². The predicted molar refractivity (Wildman–Crippen MR) is 79.7 cm³/mol. The van der Waals surface area contributed by atoms with Crippen molar-refractivity contribution in [1.29, 1.82) is 0 Å². The van der Waals surface area contributed by atoms with Crippen molar-refractivity contribution in [2.45, 2.75) is 90.1 Å². The average Bonchev–Trinajstić information content (AvgIpc) is 2.40. The highest BCUT2D eigenvalue weighted by Crippen LogP contribution is 2.18. The number of hydrogen-bond acceptors (Lipinski definition) is 3. The molecule has 4 nitrogen and oxygen atoms in total. The monoisotopic (exact) mass is 286 g/mol. The Balaban J connectivity index is 3.56. The maximum Gasteiger partial charge on any atom is 0.343 e. The summed E-state index contributed by atoms with van der Waals surface area (Å²) >= 11 is 0. The largest absolute Gasteiger partial charge is 0.479 e. The van der Waals surface area contributed by atoms with Crippen molar-refractivity contribution in [3.63, 3.8) is 0 Å². The van der Waals surface area contributed by atoms with E-state index in [2.05, 4.69) is 6.92 Å². The minimum Gasteiger partial charge on any atom is -0.479 e. The van der Waals surface area contributed by atoms with Crippen LogP contribution in [0, 0.1) is 0 Å². The number of unbranched alkanes of at least 4 members (excludes halogenated alkanes) is 9. The van der Waals surface area contributed by atoms with Crippen LogP contribution < -0.4 is 0 Å². The molecular weight excluding hydrogens is 256 g/mol. The fraction of sp³-hybridized carbons (Fsp3) is 0.875. The van der Waals surface area contributed by atoms with Gasteiger partial charge in [0.1, 0.15) is 0 Å². The van der Waals surface area contributed by atoms with Gasteiger partial charge < -0.3 is 10.2 Å². The molecule has 1 atom stereocenters. The van der Waals surface area contributed by atoms with E-state index < -0.39 is 17.4 Å². The molecule has 0 amide bonds. The van der Waals surface area contributed by atoms with Gasteiger partial charge in [-0.15, -0.1) is 0 Å². The van der Waals surface area contributed by atoms with Gasteiger partial charge in [-0.2, -0.15) is 0 Å². The quantitative estimate of drug-likeness (QED) is 0.400. The first kappa shape index (κ1) is 19.1. The van der Waals surface area contributed by atoms with E-state index in [1.807, 2.05) is 0 Å². The molecule has 0 heterocycles.